The van der Waals surface area contributed by atoms with E-state index in [4.69, 9.17) is 23.2 Å². The third-order valence-electron chi connectivity index (χ3n) is 10.7. The molecule has 0 saturated heterocycles. The quantitative estimate of drug-likeness (QED) is 0.146. The molecule has 308 valence electrons. The van der Waals surface area contributed by atoms with Crippen LogP contribution < -0.4 is 24.8 Å². The van der Waals surface area contributed by atoms with Gasteiger partial charge in [0.1, 0.15) is 0 Å². The third kappa shape index (κ3) is 12.6. The number of hydrogen-bond acceptors (Lipinski definition) is 0. The summed E-state index contributed by atoms with van der Waals surface area (Å²) in [7, 11) is 0. The van der Waals surface area contributed by atoms with Crippen molar-refractivity contribution in [3.63, 3.8) is 0 Å². The number of aryl methyl sites for hydroxylation is 2. The number of hydrogen-bond donors (Lipinski definition) is 0. The Balaban J connectivity index is 0.000000265. The van der Waals surface area contributed by atoms with E-state index in [9.17, 15) is 0 Å². The zero-order chi connectivity index (χ0) is 41.6. The maximum absolute atomic E-state index is 5.88. The standard InChI is InChI=1S/C35H37.C15H12Cl2.C5H5.2ClH.Zr/c1-22-13-9-11-15-26(22)30-18-24-17-25-19-31(27-16-12-10-14-23(27)2)33(35(6,7)8)21-29(25)28(24)20-32(30)34(3,4)5;16-14-8-4-12(5-9-14)2-1-3-13-6-10-15(17)11-7-13;1-2-4-5-3-1;;;/h9-16,18,20-21H,17H2,1-8H3;4-11H,2-3H2;1-5H;2*1H;/q-1;;-1;;;+2/p-2. The molecular formula is C55H54Cl4Zr-2. The third-order valence-corrected chi connectivity index (χ3v) is 12.1. The molecule has 7 aromatic rings. The molecule has 0 atom stereocenters. The van der Waals surface area contributed by atoms with Crippen molar-refractivity contribution in [2.45, 2.75) is 85.5 Å². The van der Waals surface area contributed by atoms with E-state index >= 15 is 0 Å². The van der Waals surface area contributed by atoms with Crippen LogP contribution in [-0.4, -0.2) is 3.21 Å². The van der Waals surface area contributed by atoms with Gasteiger partial charge in [0.25, 0.3) is 0 Å². The van der Waals surface area contributed by atoms with E-state index in [1.165, 1.54) is 105 Å². The Morgan fingerprint density at radius 2 is 1.03 bits per heavy atom. The van der Waals surface area contributed by atoms with Crippen molar-refractivity contribution in [3.8, 4) is 33.4 Å². The Labute approximate surface area is 397 Å². The molecule has 7 aromatic carbocycles. The molecule has 0 radical (unpaired) electrons. The van der Waals surface area contributed by atoms with Crippen LogP contribution >= 0.6 is 23.2 Å². The number of rotatable bonds is 6. The van der Waals surface area contributed by atoms with Crippen LogP contribution in [0.4, 0.5) is 0 Å². The molecule has 0 amide bonds. The van der Waals surface area contributed by atoms with Gasteiger partial charge in [-0.25, -0.2) is 12.1 Å². The minimum absolute atomic E-state index is 0. The molecule has 60 heavy (non-hydrogen) atoms. The van der Waals surface area contributed by atoms with Gasteiger partial charge in [0.2, 0.25) is 0 Å². The minimum atomic E-state index is 0. The molecule has 0 unspecified atom stereocenters. The molecule has 0 heterocycles. The molecule has 0 spiro atoms. The SMILES string of the molecule is Cc1ccccc1-c1[c-]c2c(cc1C(C)(C)C)-c1cc(C(C)(C)C)c(-c3ccccc3C)cc1C2.Clc1ccc(C[C](=[Zr+2])Cc2ccc(Cl)cc2)cc1.[Cl-].[Cl-].c1cc[cH-]c1. The van der Waals surface area contributed by atoms with Crippen molar-refractivity contribution >= 4 is 26.4 Å². The molecule has 0 saturated carbocycles. The van der Waals surface area contributed by atoms with Gasteiger partial charge in [0.15, 0.2) is 0 Å². The van der Waals surface area contributed by atoms with Gasteiger partial charge in [-0.15, -0.1) is 28.8 Å². The summed E-state index contributed by atoms with van der Waals surface area (Å²) >= 11 is 13.2. The molecule has 0 N–H and O–H groups in total. The van der Waals surface area contributed by atoms with Crippen LogP contribution in [-0.2, 0) is 54.3 Å². The molecule has 8 rings (SSSR count). The van der Waals surface area contributed by atoms with E-state index in [1.54, 1.807) is 0 Å². The fourth-order valence-electron chi connectivity index (χ4n) is 7.66. The molecule has 0 aliphatic heterocycles. The second-order valence-corrected chi connectivity index (χ2v) is 20.1. The van der Waals surface area contributed by atoms with E-state index in [2.05, 4.69) is 152 Å². The molecule has 5 heteroatoms. The molecule has 0 aromatic heterocycles. The largest absolute Gasteiger partial charge is 1.00 e. The monoisotopic (exact) mass is 944 g/mol. The number of benzene rings is 6. The zero-order valence-corrected chi connectivity index (χ0v) is 41.5. The summed E-state index contributed by atoms with van der Waals surface area (Å²) in [4.78, 5) is 0. The molecule has 1 aliphatic rings. The number of fused-ring (bicyclic) bond motifs is 3. The summed E-state index contributed by atoms with van der Waals surface area (Å²) in [5, 5.41) is 1.59. The van der Waals surface area contributed by atoms with Gasteiger partial charge >= 0.3 is 133 Å². The zero-order valence-electron chi connectivity index (χ0n) is 36.0. The predicted octanol–water partition coefficient (Wildman–Crippen LogP) is 9.52. The summed E-state index contributed by atoms with van der Waals surface area (Å²) in [5.74, 6) is 0. The van der Waals surface area contributed by atoms with Crippen LogP contribution in [0, 0.1) is 19.9 Å². The van der Waals surface area contributed by atoms with E-state index in [-0.39, 0.29) is 35.6 Å². The van der Waals surface area contributed by atoms with E-state index in [0.29, 0.717) is 0 Å². The van der Waals surface area contributed by atoms with Crippen molar-refractivity contribution in [2.24, 2.45) is 0 Å². The Kier molecular flexibility index (Phi) is 17.7. The van der Waals surface area contributed by atoms with Crippen molar-refractivity contribution in [1.82, 2.24) is 0 Å². The Hall–Kier alpha value is -3.42. The average Bonchev–Trinajstić information content (AvgIpc) is 3.88. The van der Waals surface area contributed by atoms with Crippen molar-refractivity contribution in [3.05, 3.63) is 206 Å². The van der Waals surface area contributed by atoms with Crippen molar-refractivity contribution in [2.75, 3.05) is 0 Å². The smallest absolute Gasteiger partial charge is 0.172 e. The predicted molar refractivity (Wildman–Crippen MR) is 249 cm³/mol. The second-order valence-electron chi connectivity index (χ2n) is 17.5. The average molecular weight is 948 g/mol. The van der Waals surface area contributed by atoms with Crippen LogP contribution in [0.5, 0.6) is 0 Å². The van der Waals surface area contributed by atoms with E-state index in [1.807, 2.05) is 54.6 Å². The summed E-state index contributed by atoms with van der Waals surface area (Å²) in [6, 6.07) is 55.0. The first-order chi connectivity index (χ1) is 27.6. The van der Waals surface area contributed by atoms with Crippen molar-refractivity contribution < 1.29 is 49.0 Å². The Bertz CT molecular complexity index is 2300. The summed E-state index contributed by atoms with van der Waals surface area (Å²) in [6.07, 6.45) is 2.99. The fourth-order valence-corrected chi connectivity index (χ4v) is 8.91. The van der Waals surface area contributed by atoms with Crippen LogP contribution in [0.3, 0.4) is 0 Å². The molecule has 0 bridgehead atoms. The molecule has 0 fully saturated rings. The minimum Gasteiger partial charge on any atom is -1.00 e. The van der Waals surface area contributed by atoms with Gasteiger partial charge in [0, 0.05) is 0 Å². The van der Waals surface area contributed by atoms with Crippen LogP contribution in [0.15, 0.2) is 146 Å². The van der Waals surface area contributed by atoms with Gasteiger partial charge in [-0.2, -0.15) is 18.2 Å². The van der Waals surface area contributed by atoms with E-state index in [0.717, 1.165) is 29.3 Å². The summed E-state index contributed by atoms with van der Waals surface area (Å²) in [6.45, 7) is 18.4. The summed E-state index contributed by atoms with van der Waals surface area (Å²) < 4.78 is 1.52. The van der Waals surface area contributed by atoms with Gasteiger partial charge in [-0.1, -0.05) is 124 Å². The van der Waals surface area contributed by atoms with E-state index < -0.39 is 0 Å². The van der Waals surface area contributed by atoms with Crippen LogP contribution in [0.25, 0.3) is 33.4 Å². The number of halogens is 4. The first-order valence-corrected chi connectivity index (χ1v) is 22.2. The summed E-state index contributed by atoms with van der Waals surface area (Å²) in [5.41, 5.74) is 18.9. The van der Waals surface area contributed by atoms with Gasteiger partial charge in [-0.05, 0) is 58.9 Å². The topological polar surface area (TPSA) is 0 Å². The van der Waals surface area contributed by atoms with Gasteiger partial charge in [-0.3, -0.25) is 0 Å². The molecule has 0 nitrogen and oxygen atoms in total. The van der Waals surface area contributed by atoms with Gasteiger partial charge in [0.05, 0.1) is 0 Å². The fraction of sp³-hybridized carbons (Fsp3) is 0.236. The Morgan fingerprint density at radius 3 is 1.48 bits per heavy atom. The normalized spacial score (nSPS) is 11.4. The first-order valence-electron chi connectivity index (χ1n) is 20.2. The Morgan fingerprint density at radius 1 is 0.567 bits per heavy atom. The first kappa shape index (κ1) is 49.2. The maximum Gasteiger partial charge on any atom is -0.172 e. The van der Waals surface area contributed by atoms with Gasteiger partial charge < -0.3 is 24.8 Å². The second kappa shape index (κ2) is 21.6. The van der Waals surface area contributed by atoms with Crippen LogP contribution in [0.1, 0.15) is 86.1 Å². The van der Waals surface area contributed by atoms with Crippen molar-refractivity contribution in [1.29, 1.82) is 0 Å². The molecular weight excluding hydrogens is 894 g/mol. The maximum atomic E-state index is 5.88. The molecule has 1 aliphatic carbocycles. The van der Waals surface area contributed by atoms with Crippen LogP contribution in [0.2, 0.25) is 10.0 Å².